The third-order valence-corrected chi connectivity index (χ3v) is 3.76. The molecular formula is C20H19FN4O. The number of aromatic nitrogens is 2. The number of hydrogen-bond acceptors (Lipinski definition) is 4. The maximum absolute atomic E-state index is 12.9. The molecule has 132 valence electrons. The zero-order valence-electron chi connectivity index (χ0n) is 14.2. The van der Waals surface area contributed by atoms with Gasteiger partial charge in [0.1, 0.15) is 11.5 Å². The minimum absolute atomic E-state index is 0.248. The van der Waals surface area contributed by atoms with Gasteiger partial charge in [-0.1, -0.05) is 30.3 Å². The molecule has 2 N–H and O–H groups in total. The summed E-state index contributed by atoms with van der Waals surface area (Å²) in [4.78, 5) is 20.5. The number of carbonyl (C=O) groups is 1. The van der Waals surface area contributed by atoms with Crippen LogP contribution in [0.3, 0.4) is 0 Å². The Kier molecular flexibility index (Phi) is 5.88. The zero-order chi connectivity index (χ0) is 18.2. The van der Waals surface area contributed by atoms with Crippen LogP contribution >= 0.6 is 0 Å². The summed E-state index contributed by atoms with van der Waals surface area (Å²) in [6.07, 6.45) is 3.27. The molecule has 0 atom stereocenters. The van der Waals surface area contributed by atoms with E-state index in [1.54, 1.807) is 18.2 Å². The van der Waals surface area contributed by atoms with Gasteiger partial charge in [0.25, 0.3) is 5.91 Å². The monoisotopic (exact) mass is 350 g/mol. The normalized spacial score (nSPS) is 10.3. The summed E-state index contributed by atoms with van der Waals surface area (Å²) in [5.41, 5.74) is 2.17. The number of benzene rings is 2. The van der Waals surface area contributed by atoms with Crippen molar-refractivity contribution in [3.63, 3.8) is 0 Å². The van der Waals surface area contributed by atoms with E-state index in [0.717, 1.165) is 12.8 Å². The summed E-state index contributed by atoms with van der Waals surface area (Å²) in [7, 11) is 0. The molecular weight excluding hydrogens is 331 g/mol. The smallest absolute Gasteiger partial charge is 0.270 e. The van der Waals surface area contributed by atoms with Crippen molar-refractivity contribution in [3.8, 4) is 0 Å². The summed E-state index contributed by atoms with van der Waals surface area (Å²) in [5.74, 6) is -0.281. The van der Waals surface area contributed by atoms with Gasteiger partial charge in [0.05, 0.1) is 0 Å². The van der Waals surface area contributed by atoms with Gasteiger partial charge in [-0.25, -0.2) is 14.4 Å². The molecule has 0 saturated carbocycles. The molecule has 0 unspecified atom stereocenters. The average Bonchev–Trinajstić information content (AvgIpc) is 2.68. The number of hydrogen-bond donors (Lipinski definition) is 2. The molecule has 0 saturated heterocycles. The summed E-state index contributed by atoms with van der Waals surface area (Å²) in [6, 6.07) is 17.5. The van der Waals surface area contributed by atoms with Crippen LogP contribution in [-0.2, 0) is 6.42 Å². The molecule has 2 aromatic carbocycles. The fourth-order valence-corrected chi connectivity index (χ4v) is 2.44. The lowest BCUT2D eigenvalue weighted by Gasteiger charge is -2.07. The summed E-state index contributed by atoms with van der Waals surface area (Å²) in [5, 5.41) is 5.81. The minimum Gasteiger partial charge on any atom is -0.351 e. The van der Waals surface area contributed by atoms with E-state index in [2.05, 4.69) is 32.7 Å². The molecule has 0 aliphatic rings. The van der Waals surface area contributed by atoms with Crippen LogP contribution in [0.25, 0.3) is 0 Å². The first-order valence-electron chi connectivity index (χ1n) is 8.38. The predicted molar refractivity (Wildman–Crippen MR) is 98.8 cm³/mol. The molecule has 1 aromatic heterocycles. The van der Waals surface area contributed by atoms with Gasteiger partial charge in [0, 0.05) is 18.4 Å². The van der Waals surface area contributed by atoms with Crippen LogP contribution in [0.5, 0.6) is 0 Å². The van der Waals surface area contributed by atoms with Crippen molar-refractivity contribution in [2.75, 3.05) is 11.9 Å². The van der Waals surface area contributed by atoms with Crippen LogP contribution < -0.4 is 10.6 Å². The van der Waals surface area contributed by atoms with Crippen molar-refractivity contribution in [1.82, 2.24) is 15.3 Å². The molecule has 3 rings (SSSR count). The number of amides is 1. The lowest BCUT2D eigenvalue weighted by atomic mass is 10.1. The molecule has 3 aromatic rings. The maximum Gasteiger partial charge on any atom is 0.270 e. The number of nitrogens with zero attached hydrogens (tertiary/aromatic N) is 2. The first kappa shape index (κ1) is 17.5. The SMILES string of the molecule is O=C(NCCCc1ccccc1)c1ccnc(Nc2ccc(F)cc2)n1. The van der Waals surface area contributed by atoms with Crippen LogP contribution in [0, 0.1) is 5.82 Å². The van der Waals surface area contributed by atoms with Gasteiger partial charge < -0.3 is 10.6 Å². The lowest BCUT2D eigenvalue weighted by molar-refractivity contribution is 0.0948. The number of aryl methyl sites for hydroxylation is 1. The van der Waals surface area contributed by atoms with E-state index >= 15 is 0 Å². The molecule has 0 bridgehead atoms. The highest BCUT2D eigenvalue weighted by Crippen LogP contribution is 2.13. The first-order valence-corrected chi connectivity index (χ1v) is 8.38. The standard InChI is InChI=1S/C20H19FN4O/c21-16-8-10-17(11-9-16)24-20-23-14-12-18(25-20)19(26)22-13-4-7-15-5-2-1-3-6-15/h1-3,5-6,8-12,14H,4,7,13H2,(H,22,26)(H,23,24,25). The number of rotatable bonds is 7. The predicted octanol–water partition coefficient (Wildman–Crippen LogP) is 3.72. The molecule has 1 amide bonds. The van der Waals surface area contributed by atoms with Crippen molar-refractivity contribution >= 4 is 17.5 Å². The van der Waals surface area contributed by atoms with E-state index < -0.39 is 0 Å². The molecule has 6 heteroatoms. The molecule has 0 radical (unpaired) electrons. The molecule has 0 spiro atoms. The Morgan fingerprint density at radius 2 is 1.77 bits per heavy atom. The molecule has 26 heavy (non-hydrogen) atoms. The zero-order valence-corrected chi connectivity index (χ0v) is 14.2. The van der Waals surface area contributed by atoms with Crippen molar-refractivity contribution in [1.29, 1.82) is 0 Å². The van der Waals surface area contributed by atoms with Gasteiger partial charge in [-0.05, 0) is 48.7 Å². The Morgan fingerprint density at radius 1 is 1.00 bits per heavy atom. The molecule has 0 fully saturated rings. The molecule has 1 heterocycles. The van der Waals surface area contributed by atoms with Crippen LogP contribution in [0.1, 0.15) is 22.5 Å². The highest BCUT2D eigenvalue weighted by Gasteiger charge is 2.08. The third kappa shape index (κ3) is 5.11. The van der Waals surface area contributed by atoms with Crippen molar-refractivity contribution in [2.24, 2.45) is 0 Å². The third-order valence-electron chi connectivity index (χ3n) is 3.76. The van der Waals surface area contributed by atoms with Crippen molar-refractivity contribution in [2.45, 2.75) is 12.8 Å². The maximum atomic E-state index is 12.9. The number of anilines is 2. The summed E-state index contributed by atoms with van der Waals surface area (Å²) in [6.45, 7) is 0.568. The van der Waals surface area contributed by atoms with Gasteiger partial charge in [-0.3, -0.25) is 4.79 Å². The van der Waals surface area contributed by atoms with Crippen molar-refractivity contribution in [3.05, 3.63) is 83.9 Å². The van der Waals surface area contributed by atoms with Gasteiger partial charge in [0.15, 0.2) is 0 Å². The quantitative estimate of drug-likeness (QED) is 0.637. The van der Waals surface area contributed by atoms with Crippen LogP contribution in [0.2, 0.25) is 0 Å². The highest BCUT2D eigenvalue weighted by molar-refractivity contribution is 5.92. The molecule has 5 nitrogen and oxygen atoms in total. The van der Waals surface area contributed by atoms with Crippen LogP contribution in [0.15, 0.2) is 66.9 Å². The number of carbonyl (C=O) groups excluding carboxylic acids is 1. The number of nitrogens with one attached hydrogen (secondary N) is 2. The van der Waals surface area contributed by atoms with E-state index in [1.807, 2.05) is 18.2 Å². The molecule has 0 aliphatic heterocycles. The van der Waals surface area contributed by atoms with Crippen molar-refractivity contribution < 1.29 is 9.18 Å². The Hall–Kier alpha value is -3.28. The Balaban J connectivity index is 1.52. The van der Waals surface area contributed by atoms with Crippen LogP contribution in [-0.4, -0.2) is 22.4 Å². The van der Waals surface area contributed by atoms with E-state index in [9.17, 15) is 9.18 Å². The van der Waals surface area contributed by atoms with Crippen LogP contribution in [0.4, 0.5) is 16.0 Å². The van der Waals surface area contributed by atoms with Gasteiger partial charge in [-0.15, -0.1) is 0 Å². The Labute approximate surface area is 151 Å². The average molecular weight is 350 g/mol. The second-order valence-electron chi connectivity index (χ2n) is 5.74. The molecule has 0 aliphatic carbocycles. The second kappa shape index (κ2) is 8.71. The van der Waals surface area contributed by atoms with E-state index in [4.69, 9.17) is 0 Å². The minimum atomic E-state index is -0.319. The first-order chi connectivity index (χ1) is 12.7. The Morgan fingerprint density at radius 3 is 2.54 bits per heavy atom. The van der Waals surface area contributed by atoms with Gasteiger partial charge in [-0.2, -0.15) is 0 Å². The summed E-state index contributed by atoms with van der Waals surface area (Å²) >= 11 is 0. The fraction of sp³-hybridized carbons (Fsp3) is 0.150. The topological polar surface area (TPSA) is 66.9 Å². The highest BCUT2D eigenvalue weighted by atomic mass is 19.1. The number of halogens is 1. The largest absolute Gasteiger partial charge is 0.351 e. The Bertz CT molecular complexity index is 853. The lowest BCUT2D eigenvalue weighted by Crippen LogP contribution is -2.26. The summed E-state index contributed by atoms with van der Waals surface area (Å²) < 4.78 is 12.9. The van der Waals surface area contributed by atoms with E-state index in [0.29, 0.717) is 12.2 Å². The second-order valence-corrected chi connectivity index (χ2v) is 5.74. The van der Waals surface area contributed by atoms with E-state index in [-0.39, 0.29) is 23.4 Å². The van der Waals surface area contributed by atoms with E-state index in [1.165, 1.54) is 23.9 Å². The fourth-order valence-electron chi connectivity index (χ4n) is 2.44. The van der Waals surface area contributed by atoms with Gasteiger partial charge in [0.2, 0.25) is 5.95 Å². The van der Waals surface area contributed by atoms with Gasteiger partial charge >= 0.3 is 0 Å².